The standard InChI is InChI=1S/2C8H16O2.Co/c2*1-3-5-6-7(4-2)8(9)10;/h2*7H,3-6H2,1-2H3,(H,9,10);/q;;+2/p-2. The van der Waals surface area contributed by atoms with Gasteiger partial charge in [-0.25, -0.2) is 0 Å². The van der Waals surface area contributed by atoms with Gasteiger partial charge in [-0.15, -0.1) is 0 Å². The summed E-state index contributed by atoms with van der Waals surface area (Å²) in [7, 11) is 0. The van der Waals surface area contributed by atoms with Crippen LogP contribution in [0.2, 0.25) is 0 Å². The van der Waals surface area contributed by atoms with Gasteiger partial charge in [0.2, 0.25) is 0 Å². The molecule has 0 bridgehead atoms. The quantitative estimate of drug-likeness (QED) is 0.525. The fourth-order valence-corrected chi connectivity index (χ4v) is 2.62. The molecule has 5 heteroatoms. The van der Waals surface area contributed by atoms with E-state index < -0.39 is 0 Å². The number of hydrogen-bond acceptors (Lipinski definition) is 4. The molecule has 0 saturated heterocycles. The molecule has 0 N–H and O–H groups in total. The Bertz CT molecular complexity index is 266. The third-order valence-electron chi connectivity index (χ3n) is 3.65. The molecule has 4 nitrogen and oxygen atoms in total. The van der Waals surface area contributed by atoms with Gasteiger partial charge in [0.1, 0.15) is 0 Å². The fourth-order valence-electron chi connectivity index (χ4n) is 2.06. The molecule has 0 rings (SSSR count). The summed E-state index contributed by atoms with van der Waals surface area (Å²) in [5.74, 6) is -0.699. The molecule has 127 valence electrons. The number of carbonyl (C=O) groups excluding carboxylic acids is 2. The maximum absolute atomic E-state index is 11.9. The second-order valence-corrected chi connectivity index (χ2v) is 5.92. The molecule has 0 heterocycles. The number of carbonyl (C=O) groups is 2. The SMILES string of the molecule is CCCCC(CC)C(=O)[O][Co][O]C(=O)C(CC)CCCC. The second-order valence-electron chi connectivity index (χ2n) is 5.32. The predicted molar refractivity (Wildman–Crippen MR) is 78.8 cm³/mol. The van der Waals surface area contributed by atoms with E-state index in [0.717, 1.165) is 51.4 Å². The molecular formula is C16H30CoO4. The van der Waals surface area contributed by atoms with Crippen LogP contribution in [0, 0.1) is 11.8 Å². The average Bonchev–Trinajstić information content (AvgIpc) is 2.48. The van der Waals surface area contributed by atoms with Crippen LogP contribution in [0.25, 0.3) is 0 Å². The van der Waals surface area contributed by atoms with Gasteiger partial charge in [-0.1, -0.05) is 0 Å². The van der Waals surface area contributed by atoms with Crippen LogP contribution in [-0.2, 0) is 32.6 Å². The molecule has 0 aliphatic heterocycles. The fraction of sp³-hybridized carbons (Fsp3) is 0.875. The molecule has 2 atom stereocenters. The van der Waals surface area contributed by atoms with Crippen LogP contribution in [0.4, 0.5) is 0 Å². The Labute approximate surface area is 136 Å². The van der Waals surface area contributed by atoms with Gasteiger partial charge in [0, 0.05) is 0 Å². The molecular weight excluding hydrogens is 315 g/mol. The summed E-state index contributed by atoms with van der Waals surface area (Å²) in [6.07, 6.45) is 7.34. The first-order chi connectivity index (χ1) is 10.1. The van der Waals surface area contributed by atoms with Gasteiger partial charge in [-0.3, -0.25) is 0 Å². The van der Waals surface area contributed by atoms with E-state index in [-0.39, 0.29) is 39.1 Å². The van der Waals surface area contributed by atoms with Gasteiger partial charge in [0.05, 0.1) is 0 Å². The molecule has 0 aromatic carbocycles. The third kappa shape index (κ3) is 9.14. The van der Waals surface area contributed by atoms with E-state index in [0.29, 0.717) is 0 Å². The van der Waals surface area contributed by atoms with Crippen molar-refractivity contribution in [1.82, 2.24) is 0 Å². The predicted octanol–water partition coefficient (Wildman–Crippen LogP) is 4.42. The first kappa shape index (κ1) is 20.4. The topological polar surface area (TPSA) is 52.6 Å². The van der Waals surface area contributed by atoms with E-state index in [2.05, 4.69) is 13.8 Å². The first-order valence-corrected chi connectivity index (χ1v) is 8.98. The van der Waals surface area contributed by atoms with Crippen molar-refractivity contribution in [2.45, 2.75) is 79.1 Å². The molecule has 0 aromatic rings. The second kappa shape index (κ2) is 13.1. The Balaban J connectivity index is 4.04. The van der Waals surface area contributed by atoms with Crippen LogP contribution >= 0.6 is 0 Å². The molecule has 21 heavy (non-hydrogen) atoms. The Morgan fingerprint density at radius 2 is 1.19 bits per heavy atom. The Kier molecular flexibility index (Phi) is 12.8. The zero-order valence-corrected chi connectivity index (χ0v) is 14.8. The van der Waals surface area contributed by atoms with E-state index in [1.54, 1.807) is 0 Å². The van der Waals surface area contributed by atoms with Gasteiger partial charge in [-0.2, -0.15) is 0 Å². The van der Waals surface area contributed by atoms with Crippen LogP contribution in [0.3, 0.4) is 0 Å². The molecule has 0 amide bonds. The summed E-state index contributed by atoms with van der Waals surface area (Å²) in [6, 6.07) is 0. The molecule has 0 fully saturated rings. The third-order valence-corrected chi connectivity index (χ3v) is 4.25. The Morgan fingerprint density at radius 1 is 0.810 bits per heavy atom. The van der Waals surface area contributed by atoms with Crippen molar-refractivity contribution >= 4 is 11.9 Å². The Hall–Kier alpha value is -0.554. The van der Waals surface area contributed by atoms with Gasteiger partial charge in [0.15, 0.2) is 0 Å². The molecule has 0 saturated carbocycles. The summed E-state index contributed by atoms with van der Waals surface area (Å²) >= 11 is 0.0423. The van der Waals surface area contributed by atoms with Crippen LogP contribution in [0.5, 0.6) is 0 Å². The first-order valence-electron chi connectivity index (χ1n) is 8.13. The van der Waals surface area contributed by atoms with Crippen molar-refractivity contribution in [2.24, 2.45) is 11.8 Å². The zero-order chi connectivity index (χ0) is 16.1. The zero-order valence-electron chi connectivity index (χ0n) is 13.8. The van der Waals surface area contributed by atoms with Gasteiger partial charge in [-0.05, 0) is 0 Å². The van der Waals surface area contributed by atoms with Crippen molar-refractivity contribution in [3.05, 3.63) is 0 Å². The van der Waals surface area contributed by atoms with Gasteiger partial charge < -0.3 is 0 Å². The van der Waals surface area contributed by atoms with Gasteiger partial charge >= 0.3 is 135 Å². The van der Waals surface area contributed by atoms with Crippen LogP contribution in [0.1, 0.15) is 79.1 Å². The number of hydrogen-bond donors (Lipinski definition) is 0. The average molecular weight is 345 g/mol. The van der Waals surface area contributed by atoms with Crippen molar-refractivity contribution in [3.63, 3.8) is 0 Å². The van der Waals surface area contributed by atoms with Crippen LogP contribution in [0.15, 0.2) is 0 Å². The molecule has 0 radical (unpaired) electrons. The minimum absolute atomic E-state index is 0.0423. The minimum atomic E-state index is -0.264. The molecule has 2 unspecified atom stereocenters. The normalized spacial score (nSPS) is 13.7. The van der Waals surface area contributed by atoms with Crippen molar-refractivity contribution in [1.29, 1.82) is 0 Å². The maximum atomic E-state index is 11.9. The summed E-state index contributed by atoms with van der Waals surface area (Å²) in [5, 5.41) is 0. The molecule has 0 spiro atoms. The Morgan fingerprint density at radius 3 is 1.48 bits per heavy atom. The monoisotopic (exact) mass is 345 g/mol. The van der Waals surface area contributed by atoms with E-state index in [4.69, 9.17) is 7.70 Å². The van der Waals surface area contributed by atoms with Gasteiger partial charge in [0.25, 0.3) is 0 Å². The summed E-state index contributed by atoms with van der Waals surface area (Å²) in [4.78, 5) is 23.7. The van der Waals surface area contributed by atoms with Crippen LogP contribution in [-0.4, -0.2) is 11.9 Å². The van der Waals surface area contributed by atoms with Crippen molar-refractivity contribution < 1.29 is 32.6 Å². The summed E-state index contributed by atoms with van der Waals surface area (Å²) < 4.78 is 10.1. The molecule has 0 aliphatic rings. The van der Waals surface area contributed by atoms with Crippen molar-refractivity contribution in [2.75, 3.05) is 0 Å². The van der Waals surface area contributed by atoms with Crippen molar-refractivity contribution in [3.8, 4) is 0 Å². The summed E-state index contributed by atoms with van der Waals surface area (Å²) in [6.45, 7) is 8.14. The van der Waals surface area contributed by atoms with E-state index in [9.17, 15) is 9.59 Å². The van der Waals surface area contributed by atoms with Crippen LogP contribution < -0.4 is 0 Å². The molecule has 0 aromatic heterocycles. The summed E-state index contributed by atoms with van der Waals surface area (Å²) in [5.41, 5.74) is 0. The van der Waals surface area contributed by atoms with E-state index >= 15 is 0 Å². The molecule has 0 aliphatic carbocycles. The van der Waals surface area contributed by atoms with E-state index in [1.807, 2.05) is 13.8 Å². The number of rotatable bonds is 12. The number of unbranched alkanes of at least 4 members (excludes halogenated alkanes) is 2. The van der Waals surface area contributed by atoms with E-state index in [1.165, 1.54) is 0 Å².